The van der Waals surface area contributed by atoms with Crippen molar-refractivity contribution < 1.29 is 4.79 Å². The molecule has 3 rings (SSSR count). The molecule has 0 unspecified atom stereocenters. The summed E-state index contributed by atoms with van der Waals surface area (Å²) in [5.74, 6) is 0.309. The molecule has 3 aromatic rings. The number of carbonyl (C=O) groups is 1. The van der Waals surface area contributed by atoms with E-state index < -0.39 is 0 Å². The quantitative estimate of drug-likeness (QED) is 0.345. The summed E-state index contributed by atoms with van der Waals surface area (Å²) in [5.41, 5.74) is 4.91. The van der Waals surface area contributed by atoms with Gasteiger partial charge in [0.05, 0.1) is 5.75 Å². The van der Waals surface area contributed by atoms with Crippen molar-refractivity contribution in [1.82, 2.24) is 0 Å². The lowest BCUT2D eigenvalue weighted by Gasteiger charge is -2.12. The molecule has 0 atom stereocenters. The van der Waals surface area contributed by atoms with Gasteiger partial charge in [0.15, 0.2) is 5.11 Å². The van der Waals surface area contributed by atoms with Crippen LogP contribution in [0.25, 0.3) is 0 Å². The number of amides is 1. The second-order valence-corrected chi connectivity index (χ2v) is 8.08. The Balaban J connectivity index is 1.52. The lowest BCUT2D eigenvalue weighted by molar-refractivity contribution is -0.113. The van der Waals surface area contributed by atoms with Crippen LogP contribution in [0, 0.1) is 13.8 Å². The molecule has 0 saturated carbocycles. The smallest absolute Gasteiger partial charge is 0.234 e. The van der Waals surface area contributed by atoms with Gasteiger partial charge in [-0.2, -0.15) is 0 Å². The Morgan fingerprint density at radius 2 is 1.59 bits per heavy atom. The van der Waals surface area contributed by atoms with Gasteiger partial charge < -0.3 is 16.0 Å². The molecule has 1 amide bonds. The van der Waals surface area contributed by atoms with Gasteiger partial charge in [-0.3, -0.25) is 4.79 Å². The molecule has 0 bridgehead atoms. The second kappa shape index (κ2) is 10.1. The molecule has 29 heavy (non-hydrogen) atoms. The number of thioether (sulfide) groups is 1. The Morgan fingerprint density at radius 3 is 2.34 bits per heavy atom. The maximum atomic E-state index is 12.2. The van der Waals surface area contributed by atoms with E-state index in [9.17, 15) is 4.79 Å². The molecule has 0 aliphatic rings. The highest BCUT2D eigenvalue weighted by Gasteiger charge is 2.06. The minimum absolute atomic E-state index is 0.0285. The van der Waals surface area contributed by atoms with Crippen LogP contribution >= 0.6 is 24.0 Å². The van der Waals surface area contributed by atoms with Crippen molar-refractivity contribution in [2.75, 3.05) is 21.7 Å². The van der Waals surface area contributed by atoms with Crippen LogP contribution in [-0.2, 0) is 4.79 Å². The fourth-order valence-electron chi connectivity index (χ4n) is 2.64. The SMILES string of the molecule is Cc1ccc(NC(=S)Nc2cccc(SCC(=O)Nc3ccccc3C)c2)cc1. The maximum Gasteiger partial charge on any atom is 0.234 e. The second-order valence-electron chi connectivity index (χ2n) is 6.62. The summed E-state index contributed by atoms with van der Waals surface area (Å²) >= 11 is 6.88. The zero-order valence-electron chi connectivity index (χ0n) is 16.4. The minimum Gasteiger partial charge on any atom is -0.332 e. The number of para-hydroxylation sites is 1. The third-order valence-corrected chi connectivity index (χ3v) is 5.39. The van der Waals surface area contributed by atoms with Crippen LogP contribution in [0.4, 0.5) is 17.1 Å². The van der Waals surface area contributed by atoms with Crippen molar-refractivity contribution >= 4 is 52.1 Å². The van der Waals surface area contributed by atoms with Crippen LogP contribution in [0.15, 0.2) is 77.7 Å². The molecule has 4 nitrogen and oxygen atoms in total. The summed E-state index contributed by atoms with van der Waals surface area (Å²) in [6.07, 6.45) is 0. The average molecular weight is 422 g/mol. The van der Waals surface area contributed by atoms with E-state index in [4.69, 9.17) is 12.2 Å². The van der Waals surface area contributed by atoms with E-state index >= 15 is 0 Å². The molecule has 6 heteroatoms. The monoisotopic (exact) mass is 421 g/mol. The first-order valence-corrected chi connectivity index (χ1v) is 10.6. The number of aryl methyl sites for hydroxylation is 2. The normalized spacial score (nSPS) is 10.3. The average Bonchev–Trinajstić information content (AvgIpc) is 2.70. The molecular weight excluding hydrogens is 398 g/mol. The van der Waals surface area contributed by atoms with Gasteiger partial charge in [-0.1, -0.05) is 42.0 Å². The van der Waals surface area contributed by atoms with E-state index in [0.29, 0.717) is 10.9 Å². The highest BCUT2D eigenvalue weighted by atomic mass is 32.2. The fraction of sp³-hybridized carbons (Fsp3) is 0.130. The lowest BCUT2D eigenvalue weighted by Crippen LogP contribution is -2.19. The minimum atomic E-state index is -0.0285. The topological polar surface area (TPSA) is 53.2 Å². The van der Waals surface area contributed by atoms with Gasteiger partial charge in [0.2, 0.25) is 5.91 Å². The summed E-state index contributed by atoms with van der Waals surface area (Å²) in [5, 5.41) is 9.83. The molecule has 3 N–H and O–H groups in total. The number of thiocarbonyl (C=S) groups is 1. The lowest BCUT2D eigenvalue weighted by atomic mass is 10.2. The number of hydrogen-bond donors (Lipinski definition) is 3. The molecule has 0 saturated heterocycles. The van der Waals surface area contributed by atoms with Crippen LogP contribution < -0.4 is 16.0 Å². The molecule has 3 aromatic carbocycles. The number of anilines is 3. The highest BCUT2D eigenvalue weighted by Crippen LogP contribution is 2.23. The molecule has 0 aromatic heterocycles. The van der Waals surface area contributed by atoms with Gasteiger partial charge in [-0.25, -0.2) is 0 Å². The van der Waals surface area contributed by atoms with Crippen molar-refractivity contribution in [3.63, 3.8) is 0 Å². The Kier molecular flexibility index (Phi) is 7.27. The Hall–Kier alpha value is -2.83. The highest BCUT2D eigenvalue weighted by molar-refractivity contribution is 8.00. The van der Waals surface area contributed by atoms with E-state index in [0.717, 1.165) is 27.5 Å². The Bertz CT molecular complexity index is 1000. The van der Waals surface area contributed by atoms with Crippen molar-refractivity contribution in [2.24, 2.45) is 0 Å². The Labute approximate surface area is 181 Å². The first-order valence-electron chi connectivity index (χ1n) is 9.22. The number of benzene rings is 3. The first-order chi connectivity index (χ1) is 14.0. The summed E-state index contributed by atoms with van der Waals surface area (Å²) < 4.78 is 0. The van der Waals surface area contributed by atoms with Crippen LogP contribution in [0.2, 0.25) is 0 Å². The number of rotatable bonds is 6. The van der Waals surface area contributed by atoms with Gasteiger partial charge in [-0.05, 0) is 68.0 Å². The molecule has 0 radical (unpaired) electrons. The van der Waals surface area contributed by atoms with Gasteiger partial charge in [0.1, 0.15) is 0 Å². The zero-order valence-corrected chi connectivity index (χ0v) is 18.0. The molecule has 0 fully saturated rings. The number of carbonyl (C=O) groups excluding carboxylic acids is 1. The predicted molar refractivity (Wildman–Crippen MR) is 128 cm³/mol. The first kappa shape index (κ1) is 20.9. The molecule has 0 heterocycles. The van der Waals surface area contributed by atoms with Crippen molar-refractivity contribution in [1.29, 1.82) is 0 Å². The van der Waals surface area contributed by atoms with Crippen LogP contribution in [-0.4, -0.2) is 16.8 Å². The van der Waals surface area contributed by atoms with Gasteiger partial charge in [0, 0.05) is 22.0 Å². The molecule has 0 aliphatic carbocycles. The number of nitrogens with one attached hydrogen (secondary N) is 3. The largest absolute Gasteiger partial charge is 0.332 e. The van der Waals surface area contributed by atoms with Crippen LogP contribution in [0.1, 0.15) is 11.1 Å². The number of hydrogen-bond acceptors (Lipinski definition) is 3. The van der Waals surface area contributed by atoms with E-state index in [1.165, 1.54) is 17.3 Å². The van der Waals surface area contributed by atoms with E-state index in [-0.39, 0.29) is 5.91 Å². The van der Waals surface area contributed by atoms with Crippen LogP contribution in [0.5, 0.6) is 0 Å². The van der Waals surface area contributed by atoms with Crippen molar-refractivity contribution in [2.45, 2.75) is 18.7 Å². The Morgan fingerprint density at radius 1 is 0.862 bits per heavy atom. The standard InChI is InChI=1S/C23H23N3OS2/c1-16-10-12-18(13-11-16)24-23(28)25-19-7-5-8-20(14-19)29-15-22(27)26-21-9-4-3-6-17(21)2/h3-14H,15H2,1-2H3,(H,26,27)(H2,24,25,28). The van der Waals surface area contributed by atoms with Gasteiger partial charge in [0.25, 0.3) is 0 Å². The van der Waals surface area contributed by atoms with Gasteiger partial charge >= 0.3 is 0 Å². The molecular formula is C23H23N3OS2. The summed E-state index contributed by atoms with van der Waals surface area (Å²) in [7, 11) is 0. The molecule has 148 valence electrons. The fourth-order valence-corrected chi connectivity index (χ4v) is 3.63. The molecule has 0 aliphatic heterocycles. The molecule has 0 spiro atoms. The maximum absolute atomic E-state index is 12.2. The van der Waals surface area contributed by atoms with E-state index in [2.05, 4.69) is 16.0 Å². The van der Waals surface area contributed by atoms with Crippen molar-refractivity contribution in [3.8, 4) is 0 Å². The summed E-state index contributed by atoms with van der Waals surface area (Å²) in [4.78, 5) is 13.2. The summed E-state index contributed by atoms with van der Waals surface area (Å²) in [6, 6.07) is 23.6. The van der Waals surface area contributed by atoms with Gasteiger partial charge in [-0.15, -0.1) is 11.8 Å². The third kappa shape index (κ3) is 6.62. The van der Waals surface area contributed by atoms with E-state index in [1.807, 2.05) is 86.6 Å². The predicted octanol–water partition coefficient (Wildman–Crippen LogP) is 5.84. The van der Waals surface area contributed by atoms with E-state index in [1.54, 1.807) is 0 Å². The summed E-state index contributed by atoms with van der Waals surface area (Å²) in [6.45, 7) is 4.02. The van der Waals surface area contributed by atoms with Crippen molar-refractivity contribution in [3.05, 3.63) is 83.9 Å². The van der Waals surface area contributed by atoms with Crippen LogP contribution in [0.3, 0.4) is 0 Å². The zero-order chi connectivity index (χ0) is 20.6. The third-order valence-electron chi connectivity index (χ3n) is 4.19.